The molecule has 0 bridgehead atoms. The minimum Gasteiger partial charge on any atom is -0.391 e. The fourth-order valence-electron chi connectivity index (χ4n) is 2.23. The molecule has 3 heteroatoms. The van der Waals surface area contributed by atoms with Crippen LogP contribution in [0.15, 0.2) is 24.3 Å². The van der Waals surface area contributed by atoms with Crippen LogP contribution in [0.1, 0.15) is 43.1 Å². The van der Waals surface area contributed by atoms with E-state index in [9.17, 15) is 9.90 Å². The van der Waals surface area contributed by atoms with Crippen LogP contribution in [0.2, 0.25) is 0 Å². The minimum absolute atomic E-state index is 0.0256. The summed E-state index contributed by atoms with van der Waals surface area (Å²) in [6, 6.07) is 7.80. The predicted octanol–water partition coefficient (Wildman–Crippen LogP) is 2.19. The third-order valence-corrected chi connectivity index (χ3v) is 3.43. The average molecular weight is 247 g/mol. The largest absolute Gasteiger partial charge is 0.391 e. The lowest BCUT2D eigenvalue weighted by molar-refractivity contribution is 0.0765. The first-order chi connectivity index (χ1) is 8.38. The van der Waals surface area contributed by atoms with E-state index in [1.165, 1.54) is 0 Å². The standard InChI is InChI=1S/C15H21NO2/c1-15(2,3)12-6-4-5-11(9-12)14(18)16-8-7-13(17)10-16/h4-6,9,13,17H,7-8,10H2,1-3H3. The Morgan fingerprint density at radius 2 is 2.11 bits per heavy atom. The summed E-state index contributed by atoms with van der Waals surface area (Å²) in [5.74, 6) is 0.0256. The Hall–Kier alpha value is -1.35. The van der Waals surface area contributed by atoms with Gasteiger partial charge in [0.05, 0.1) is 6.10 Å². The van der Waals surface area contributed by atoms with E-state index in [0.717, 1.165) is 11.1 Å². The van der Waals surface area contributed by atoms with Gasteiger partial charge in [0.1, 0.15) is 0 Å². The van der Waals surface area contributed by atoms with Crippen molar-refractivity contribution < 1.29 is 9.90 Å². The minimum atomic E-state index is -0.361. The molecular formula is C15H21NO2. The zero-order valence-corrected chi connectivity index (χ0v) is 11.3. The highest BCUT2D eigenvalue weighted by atomic mass is 16.3. The molecule has 0 radical (unpaired) electrons. The molecule has 1 unspecified atom stereocenters. The van der Waals surface area contributed by atoms with Crippen LogP contribution in [0.4, 0.5) is 0 Å². The summed E-state index contributed by atoms with van der Waals surface area (Å²) in [6.45, 7) is 7.51. The Kier molecular flexibility index (Phi) is 3.44. The third kappa shape index (κ3) is 2.72. The Morgan fingerprint density at radius 1 is 1.39 bits per heavy atom. The van der Waals surface area contributed by atoms with Gasteiger partial charge in [-0.2, -0.15) is 0 Å². The Bertz CT molecular complexity index is 448. The van der Waals surface area contributed by atoms with E-state index in [1.807, 2.05) is 18.2 Å². The zero-order chi connectivity index (χ0) is 13.3. The number of benzene rings is 1. The summed E-state index contributed by atoms with van der Waals surface area (Å²) in [6.07, 6.45) is 0.324. The lowest BCUT2D eigenvalue weighted by Gasteiger charge is -2.21. The number of rotatable bonds is 1. The van der Waals surface area contributed by atoms with Gasteiger partial charge < -0.3 is 10.0 Å². The third-order valence-electron chi connectivity index (χ3n) is 3.43. The van der Waals surface area contributed by atoms with Gasteiger partial charge in [0.2, 0.25) is 0 Å². The van der Waals surface area contributed by atoms with Gasteiger partial charge in [-0.1, -0.05) is 32.9 Å². The van der Waals surface area contributed by atoms with Crippen LogP contribution in [0.5, 0.6) is 0 Å². The Morgan fingerprint density at radius 3 is 2.67 bits per heavy atom. The molecule has 1 fully saturated rings. The zero-order valence-electron chi connectivity index (χ0n) is 11.3. The molecule has 1 aliphatic rings. The first-order valence-electron chi connectivity index (χ1n) is 6.46. The van der Waals surface area contributed by atoms with Crippen LogP contribution < -0.4 is 0 Å². The molecule has 18 heavy (non-hydrogen) atoms. The molecule has 98 valence electrons. The fraction of sp³-hybridized carbons (Fsp3) is 0.533. The van der Waals surface area contributed by atoms with Crippen molar-refractivity contribution in [3.63, 3.8) is 0 Å². The van der Waals surface area contributed by atoms with Gasteiger partial charge in [-0.25, -0.2) is 0 Å². The number of aliphatic hydroxyl groups excluding tert-OH is 1. The quantitative estimate of drug-likeness (QED) is 0.826. The van der Waals surface area contributed by atoms with Crippen molar-refractivity contribution in [3.8, 4) is 0 Å². The van der Waals surface area contributed by atoms with Crippen molar-refractivity contribution in [2.24, 2.45) is 0 Å². The Balaban J connectivity index is 2.21. The second-order valence-electron chi connectivity index (χ2n) is 6.02. The van der Waals surface area contributed by atoms with E-state index in [1.54, 1.807) is 4.90 Å². The fourth-order valence-corrected chi connectivity index (χ4v) is 2.23. The van der Waals surface area contributed by atoms with Crippen molar-refractivity contribution >= 4 is 5.91 Å². The molecule has 1 aromatic rings. The molecule has 1 aliphatic heterocycles. The lowest BCUT2D eigenvalue weighted by atomic mass is 9.86. The summed E-state index contributed by atoms with van der Waals surface area (Å²) >= 11 is 0. The van der Waals surface area contributed by atoms with Crippen LogP contribution in [-0.4, -0.2) is 35.1 Å². The topological polar surface area (TPSA) is 40.5 Å². The van der Waals surface area contributed by atoms with Crippen LogP contribution in [0.3, 0.4) is 0 Å². The maximum absolute atomic E-state index is 12.3. The number of carbonyl (C=O) groups excluding carboxylic acids is 1. The number of amides is 1. The summed E-state index contributed by atoms with van der Waals surface area (Å²) < 4.78 is 0. The van der Waals surface area contributed by atoms with Crippen molar-refractivity contribution in [2.45, 2.75) is 38.7 Å². The molecule has 0 aromatic heterocycles. The number of aliphatic hydroxyl groups is 1. The molecule has 1 aromatic carbocycles. The first kappa shape index (κ1) is 13.1. The molecular weight excluding hydrogens is 226 g/mol. The normalized spacial score (nSPS) is 20.2. The van der Waals surface area contributed by atoms with Crippen LogP contribution in [0.25, 0.3) is 0 Å². The van der Waals surface area contributed by atoms with E-state index in [4.69, 9.17) is 0 Å². The number of β-amino-alcohol motifs (C(OH)–C–C–N with tert-alkyl or cyclic N) is 1. The molecule has 0 saturated carbocycles. The summed E-state index contributed by atoms with van der Waals surface area (Å²) in [7, 11) is 0. The van der Waals surface area contributed by atoms with Gasteiger partial charge in [0.25, 0.3) is 5.91 Å². The van der Waals surface area contributed by atoms with E-state index in [2.05, 4.69) is 26.8 Å². The van der Waals surface area contributed by atoms with Gasteiger partial charge in [0, 0.05) is 18.7 Å². The van der Waals surface area contributed by atoms with Gasteiger partial charge >= 0.3 is 0 Å². The van der Waals surface area contributed by atoms with E-state index in [0.29, 0.717) is 19.5 Å². The van der Waals surface area contributed by atoms with Gasteiger partial charge in [0.15, 0.2) is 0 Å². The molecule has 1 saturated heterocycles. The maximum atomic E-state index is 12.3. The van der Waals surface area contributed by atoms with Crippen molar-refractivity contribution in [3.05, 3.63) is 35.4 Å². The molecule has 0 aliphatic carbocycles. The average Bonchev–Trinajstić information content (AvgIpc) is 2.74. The maximum Gasteiger partial charge on any atom is 0.253 e. The Labute approximate surface area is 108 Å². The van der Waals surface area contributed by atoms with Crippen LogP contribution in [-0.2, 0) is 5.41 Å². The molecule has 3 nitrogen and oxygen atoms in total. The number of nitrogens with zero attached hydrogens (tertiary/aromatic N) is 1. The molecule has 1 heterocycles. The summed E-state index contributed by atoms with van der Waals surface area (Å²) in [5.41, 5.74) is 1.92. The predicted molar refractivity (Wildman–Crippen MR) is 71.7 cm³/mol. The van der Waals surface area contributed by atoms with Crippen molar-refractivity contribution in [1.29, 1.82) is 0 Å². The SMILES string of the molecule is CC(C)(C)c1cccc(C(=O)N2CCC(O)C2)c1. The number of likely N-dealkylation sites (tertiary alicyclic amines) is 1. The first-order valence-corrected chi connectivity index (χ1v) is 6.46. The molecule has 1 atom stereocenters. The molecule has 0 spiro atoms. The van der Waals surface area contributed by atoms with Crippen LogP contribution in [0, 0.1) is 0 Å². The monoisotopic (exact) mass is 247 g/mol. The van der Waals surface area contributed by atoms with Gasteiger partial charge in [-0.15, -0.1) is 0 Å². The smallest absolute Gasteiger partial charge is 0.253 e. The highest BCUT2D eigenvalue weighted by molar-refractivity contribution is 5.94. The van der Waals surface area contributed by atoms with Crippen LogP contribution >= 0.6 is 0 Å². The molecule has 2 rings (SSSR count). The van der Waals surface area contributed by atoms with Gasteiger partial charge in [-0.3, -0.25) is 4.79 Å². The lowest BCUT2D eigenvalue weighted by Crippen LogP contribution is -2.29. The number of hydrogen-bond donors (Lipinski definition) is 1. The summed E-state index contributed by atoms with van der Waals surface area (Å²) in [5, 5.41) is 9.49. The highest BCUT2D eigenvalue weighted by Gasteiger charge is 2.26. The highest BCUT2D eigenvalue weighted by Crippen LogP contribution is 2.24. The summed E-state index contributed by atoms with van der Waals surface area (Å²) in [4.78, 5) is 14.0. The second kappa shape index (κ2) is 4.73. The molecule has 1 amide bonds. The number of hydrogen-bond acceptors (Lipinski definition) is 2. The molecule has 1 N–H and O–H groups in total. The van der Waals surface area contributed by atoms with E-state index in [-0.39, 0.29) is 17.4 Å². The number of carbonyl (C=O) groups is 1. The van der Waals surface area contributed by atoms with E-state index >= 15 is 0 Å². The van der Waals surface area contributed by atoms with Crippen molar-refractivity contribution in [2.75, 3.05) is 13.1 Å². The second-order valence-corrected chi connectivity index (χ2v) is 6.02. The van der Waals surface area contributed by atoms with E-state index < -0.39 is 0 Å². The van der Waals surface area contributed by atoms with Crippen molar-refractivity contribution in [1.82, 2.24) is 4.90 Å². The van der Waals surface area contributed by atoms with Gasteiger partial charge in [-0.05, 0) is 29.5 Å².